The molecule has 3 rings (SSSR count). The number of rotatable bonds is 4. The summed E-state index contributed by atoms with van der Waals surface area (Å²) in [4.78, 5) is 14.9. The maximum Gasteiger partial charge on any atom is 0.321 e. The van der Waals surface area contributed by atoms with Gasteiger partial charge >= 0.3 is 5.97 Å². The SMILES string of the molecule is CCOC(C)c1cccc2[nH]c3c(c12)C(C)C(C(=O)O)NC3. The van der Waals surface area contributed by atoms with E-state index < -0.39 is 12.0 Å². The average molecular weight is 302 g/mol. The number of aromatic nitrogens is 1. The molecule has 1 aliphatic rings. The Labute approximate surface area is 129 Å². The quantitative estimate of drug-likeness (QED) is 0.812. The lowest BCUT2D eigenvalue weighted by Gasteiger charge is -2.28. The lowest BCUT2D eigenvalue weighted by Crippen LogP contribution is -2.43. The van der Waals surface area contributed by atoms with E-state index in [1.54, 1.807) is 0 Å². The van der Waals surface area contributed by atoms with E-state index >= 15 is 0 Å². The summed E-state index contributed by atoms with van der Waals surface area (Å²) < 4.78 is 5.76. The number of carbonyl (C=O) groups is 1. The molecule has 0 radical (unpaired) electrons. The van der Waals surface area contributed by atoms with E-state index in [1.807, 2.05) is 32.9 Å². The first kappa shape index (κ1) is 15.1. The summed E-state index contributed by atoms with van der Waals surface area (Å²) in [5, 5.41) is 13.6. The van der Waals surface area contributed by atoms with Crippen LogP contribution in [-0.2, 0) is 16.1 Å². The van der Waals surface area contributed by atoms with Crippen molar-refractivity contribution in [3.8, 4) is 0 Å². The zero-order chi connectivity index (χ0) is 15.9. The fraction of sp³-hybridized carbons (Fsp3) is 0.471. The van der Waals surface area contributed by atoms with E-state index in [4.69, 9.17) is 4.74 Å². The number of fused-ring (bicyclic) bond motifs is 3. The van der Waals surface area contributed by atoms with Crippen LogP contribution in [0.15, 0.2) is 18.2 Å². The zero-order valence-electron chi connectivity index (χ0n) is 13.1. The maximum atomic E-state index is 11.5. The number of aromatic amines is 1. The Bertz CT molecular complexity index is 707. The summed E-state index contributed by atoms with van der Waals surface area (Å²) >= 11 is 0. The zero-order valence-corrected chi connectivity index (χ0v) is 13.1. The Morgan fingerprint density at radius 2 is 2.27 bits per heavy atom. The van der Waals surface area contributed by atoms with Gasteiger partial charge in [0, 0.05) is 35.7 Å². The summed E-state index contributed by atoms with van der Waals surface area (Å²) in [5.41, 5.74) is 4.36. The van der Waals surface area contributed by atoms with Crippen molar-refractivity contribution in [1.82, 2.24) is 10.3 Å². The molecule has 118 valence electrons. The van der Waals surface area contributed by atoms with Gasteiger partial charge in [-0.3, -0.25) is 10.1 Å². The van der Waals surface area contributed by atoms with Gasteiger partial charge in [0.05, 0.1) is 6.10 Å². The first-order valence-electron chi connectivity index (χ1n) is 7.75. The molecule has 2 aromatic rings. The largest absolute Gasteiger partial charge is 0.480 e. The van der Waals surface area contributed by atoms with E-state index in [0.717, 1.165) is 27.7 Å². The topological polar surface area (TPSA) is 74.4 Å². The number of H-pyrrole nitrogens is 1. The minimum Gasteiger partial charge on any atom is -0.480 e. The molecule has 0 saturated carbocycles. The highest BCUT2D eigenvalue weighted by molar-refractivity contribution is 5.90. The highest BCUT2D eigenvalue weighted by Gasteiger charge is 2.34. The molecule has 2 heterocycles. The monoisotopic (exact) mass is 302 g/mol. The summed E-state index contributed by atoms with van der Waals surface area (Å²) in [5.74, 6) is -0.896. The van der Waals surface area contributed by atoms with E-state index in [9.17, 15) is 9.90 Å². The fourth-order valence-electron chi connectivity index (χ4n) is 3.53. The Kier molecular flexibility index (Phi) is 3.93. The Morgan fingerprint density at radius 1 is 1.50 bits per heavy atom. The molecular weight excluding hydrogens is 280 g/mol. The van der Waals surface area contributed by atoms with Crippen LogP contribution in [0.2, 0.25) is 0 Å². The molecule has 0 bridgehead atoms. The van der Waals surface area contributed by atoms with Gasteiger partial charge in [-0.1, -0.05) is 19.1 Å². The molecule has 0 amide bonds. The van der Waals surface area contributed by atoms with Crippen molar-refractivity contribution in [1.29, 1.82) is 0 Å². The number of hydrogen-bond donors (Lipinski definition) is 3. The van der Waals surface area contributed by atoms with E-state index in [1.165, 1.54) is 0 Å². The standard InChI is InChI=1S/C17H22N2O3/c1-4-22-10(3)11-6-5-7-12-15(11)14-9(2)16(17(20)21)18-8-13(14)19-12/h5-7,9-10,16,18-19H,4,8H2,1-3H3,(H,20,21). The first-order valence-corrected chi connectivity index (χ1v) is 7.75. The number of nitrogens with one attached hydrogen (secondary N) is 2. The third kappa shape index (κ3) is 2.30. The van der Waals surface area contributed by atoms with Crippen LogP contribution in [0.5, 0.6) is 0 Å². The van der Waals surface area contributed by atoms with Crippen molar-refractivity contribution in [2.75, 3.05) is 6.61 Å². The second kappa shape index (κ2) is 5.74. The molecule has 1 aromatic carbocycles. The fourth-order valence-corrected chi connectivity index (χ4v) is 3.53. The molecule has 3 unspecified atom stereocenters. The first-order chi connectivity index (χ1) is 10.5. The highest BCUT2D eigenvalue weighted by atomic mass is 16.5. The Balaban J connectivity index is 2.17. The van der Waals surface area contributed by atoms with Crippen molar-refractivity contribution in [2.24, 2.45) is 0 Å². The predicted molar refractivity (Wildman–Crippen MR) is 85.0 cm³/mol. The summed E-state index contributed by atoms with van der Waals surface area (Å²) in [6.07, 6.45) is -0.0148. The number of ether oxygens (including phenoxy) is 1. The van der Waals surface area contributed by atoms with E-state index in [0.29, 0.717) is 13.2 Å². The molecule has 22 heavy (non-hydrogen) atoms. The number of carboxylic acids is 1. The van der Waals surface area contributed by atoms with Gasteiger partial charge in [0.15, 0.2) is 0 Å². The summed E-state index contributed by atoms with van der Waals surface area (Å²) in [6, 6.07) is 5.57. The number of hydrogen-bond acceptors (Lipinski definition) is 3. The lowest BCUT2D eigenvalue weighted by molar-refractivity contribution is -0.140. The summed E-state index contributed by atoms with van der Waals surface area (Å²) in [7, 11) is 0. The normalized spacial score (nSPS) is 22.5. The molecule has 3 atom stereocenters. The Morgan fingerprint density at radius 3 is 2.95 bits per heavy atom. The number of benzene rings is 1. The molecule has 1 aliphatic heterocycles. The minimum atomic E-state index is -0.803. The van der Waals surface area contributed by atoms with Crippen LogP contribution in [-0.4, -0.2) is 28.7 Å². The number of carboxylic acid groups (broad SMARTS) is 1. The molecular formula is C17H22N2O3. The molecule has 5 heteroatoms. The van der Waals surface area contributed by atoms with Crippen LogP contribution >= 0.6 is 0 Å². The van der Waals surface area contributed by atoms with Crippen molar-refractivity contribution in [2.45, 2.75) is 45.4 Å². The van der Waals surface area contributed by atoms with Crippen molar-refractivity contribution in [3.63, 3.8) is 0 Å². The highest BCUT2D eigenvalue weighted by Crippen LogP contribution is 2.38. The third-order valence-corrected chi connectivity index (χ3v) is 4.55. The number of aliphatic carboxylic acids is 1. The predicted octanol–water partition coefficient (Wildman–Crippen LogP) is 2.93. The lowest BCUT2D eigenvalue weighted by atomic mass is 9.86. The van der Waals surface area contributed by atoms with Crippen molar-refractivity contribution >= 4 is 16.9 Å². The second-order valence-corrected chi connectivity index (χ2v) is 5.87. The molecule has 5 nitrogen and oxygen atoms in total. The van der Waals surface area contributed by atoms with Crippen LogP contribution in [0.25, 0.3) is 10.9 Å². The van der Waals surface area contributed by atoms with Gasteiger partial charge in [-0.05, 0) is 31.0 Å². The molecule has 1 aromatic heterocycles. The minimum absolute atomic E-state index is 0.0148. The van der Waals surface area contributed by atoms with Crippen LogP contribution in [0.1, 0.15) is 49.6 Å². The van der Waals surface area contributed by atoms with E-state index in [-0.39, 0.29) is 12.0 Å². The van der Waals surface area contributed by atoms with Crippen molar-refractivity contribution in [3.05, 3.63) is 35.0 Å². The summed E-state index contributed by atoms with van der Waals surface area (Å²) in [6.45, 7) is 7.19. The van der Waals surface area contributed by atoms with E-state index in [2.05, 4.69) is 16.4 Å². The van der Waals surface area contributed by atoms with Gasteiger partial charge in [0.1, 0.15) is 6.04 Å². The average Bonchev–Trinajstić information content (AvgIpc) is 2.86. The maximum absolute atomic E-state index is 11.5. The van der Waals surface area contributed by atoms with Gasteiger partial charge in [-0.2, -0.15) is 0 Å². The molecule has 0 saturated heterocycles. The third-order valence-electron chi connectivity index (χ3n) is 4.55. The molecule has 0 aliphatic carbocycles. The van der Waals surface area contributed by atoms with Gasteiger partial charge < -0.3 is 14.8 Å². The van der Waals surface area contributed by atoms with Gasteiger partial charge in [-0.25, -0.2) is 0 Å². The van der Waals surface area contributed by atoms with Gasteiger partial charge in [-0.15, -0.1) is 0 Å². The molecule has 0 spiro atoms. The second-order valence-electron chi connectivity index (χ2n) is 5.87. The molecule has 0 fully saturated rings. The van der Waals surface area contributed by atoms with Crippen LogP contribution in [0.3, 0.4) is 0 Å². The van der Waals surface area contributed by atoms with Crippen molar-refractivity contribution < 1.29 is 14.6 Å². The molecule has 3 N–H and O–H groups in total. The van der Waals surface area contributed by atoms with Crippen LogP contribution in [0, 0.1) is 0 Å². The van der Waals surface area contributed by atoms with Gasteiger partial charge in [0.25, 0.3) is 0 Å². The Hall–Kier alpha value is -1.85. The van der Waals surface area contributed by atoms with Crippen LogP contribution in [0.4, 0.5) is 0 Å². The van der Waals surface area contributed by atoms with Gasteiger partial charge in [0.2, 0.25) is 0 Å². The van der Waals surface area contributed by atoms with Crippen LogP contribution < -0.4 is 5.32 Å². The smallest absolute Gasteiger partial charge is 0.321 e.